The van der Waals surface area contributed by atoms with Gasteiger partial charge in [0, 0.05) is 17.7 Å². The predicted molar refractivity (Wildman–Crippen MR) is 232 cm³/mol. The Morgan fingerprint density at radius 2 is 1.20 bits per heavy atom. The van der Waals surface area contributed by atoms with Crippen molar-refractivity contribution in [2.45, 2.75) is 33.6 Å². The minimum atomic E-state index is -4.32. The molecule has 0 atom stereocenters. The minimum Gasteiger partial charge on any atom is -0.493 e. The van der Waals surface area contributed by atoms with E-state index in [4.69, 9.17) is 9.47 Å². The number of rotatable bonds is 18. The van der Waals surface area contributed by atoms with Crippen molar-refractivity contribution >= 4 is 83.0 Å². The Kier molecular flexibility index (Phi) is 13.9. The summed E-state index contributed by atoms with van der Waals surface area (Å²) in [7, 11) is -8.63. The number of azo groups is 3. The van der Waals surface area contributed by atoms with Crippen LogP contribution in [0.4, 0.5) is 34.1 Å². The number of nitrogens with zero attached hydrogens (tertiary/aromatic N) is 9. The van der Waals surface area contributed by atoms with E-state index < -0.39 is 43.7 Å². The van der Waals surface area contributed by atoms with Gasteiger partial charge in [0.05, 0.1) is 63.9 Å². The SMILES string of the molecule is Cc1cc(N=Nc2cc(OCCCS(=O)(=O)O)c(N=Nc3c(C)c(C#N)c4nc5ccccc5n4c3O)cc2C)c(OCCCS(=O)(=O)O)cc1N=Nc1cc(C(=O)O)cc(C(=O)O)c1. The van der Waals surface area contributed by atoms with E-state index in [0.717, 1.165) is 18.2 Å². The van der Waals surface area contributed by atoms with Crippen LogP contribution in [0.3, 0.4) is 0 Å². The lowest BCUT2D eigenvalue weighted by molar-refractivity contribution is 0.0696. The Balaban J connectivity index is 1.39. The Morgan fingerprint density at radius 3 is 1.71 bits per heavy atom. The molecule has 0 unspecified atom stereocenters. The molecule has 24 heteroatoms. The highest BCUT2D eigenvalue weighted by molar-refractivity contribution is 7.86. The number of aromatic carboxylic acids is 2. The summed E-state index contributed by atoms with van der Waals surface area (Å²) in [6, 6.07) is 18.1. The van der Waals surface area contributed by atoms with E-state index >= 15 is 0 Å². The molecule has 2 heterocycles. The second kappa shape index (κ2) is 19.3. The van der Waals surface area contributed by atoms with E-state index in [1.165, 1.54) is 28.7 Å². The van der Waals surface area contributed by atoms with Gasteiger partial charge in [0.15, 0.2) is 11.3 Å². The van der Waals surface area contributed by atoms with Gasteiger partial charge in [-0.2, -0.15) is 37.4 Å². The molecule has 0 aliphatic rings. The molecule has 0 saturated heterocycles. The summed E-state index contributed by atoms with van der Waals surface area (Å²) >= 11 is 0. The summed E-state index contributed by atoms with van der Waals surface area (Å²) in [6.45, 7) is 4.43. The molecule has 4 aromatic carbocycles. The summed E-state index contributed by atoms with van der Waals surface area (Å²) in [6.07, 6.45) is -0.252. The van der Waals surface area contributed by atoms with Crippen molar-refractivity contribution < 1.29 is 60.3 Å². The number of imidazole rings is 1. The van der Waals surface area contributed by atoms with Gasteiger partial charge in [-0.3, -0.25) is 13.5 Å². The molecule has 0 radical (unpaired) electrons. The Bertz CT molecular complexity index is 3220. The van der Waals surface area contributed by atoms with Crippen LogP contribution in [0.15, 0.2) is 97.4 Å². The molecule has 6 rings (SSSR count). The number of nitriles is 1. The summed E-state index contributed by atoms with van der Waals surface area (Å²) in [5, 5.41) is 66.0. The number of carbonyl (C=O) groups is 2. The number of pyridine rings is 1. The third-order valence-corrected chi connectivity index (χ3v) is 11.0. The third-order valence-electron chi connectivity index (χ3n) is 9.42. The van der Waals surface area contributed by atoms with E-state index in [0.29, 0.717) is 22.2 Å². The van der Waals surface area contributed by atoms with Gasteiger partial charge in [-0.25, -0.2) is 14.6 Å². The Morgan fingerprint density at radius 1 is 0.708 bits per heavy atom. The van der Waals surface area contributed by atoms with Gasteiger partial charge in [-0.15, -0.1) is 15.3 Å². The molecule has 0 aliphatic heterocycles. The minimum absolute atomic E-state index is 0.0217. The van der Waals surface area contributed by atoms with E-state index in [2.05, 4.69) is 41.7 Å². The van der Waals surface area contributed by atoms with Crippen molar-refractivity contribution in [3.63, 3.8) is 0 Å². The van der Waals surface area contributed by atoms with Crippen molar-refractivity contribution in [1.29, 1.82) is 5.26 Å². The number of fused-ring (bicyclic) bond motifs is 3. The number of aromatic hydroxyl groups is 1. The van der Waals surface area contributed by atoms with Gasteiger partial charge in [0.1, 0.15) is 34.5 Å². The molecule has 22 nitrogen and oxygen atoms in total. The molecular weight excluding hydrogens is 891 g/mol. The van der Waals surface area contributed by atoms with Crippen LogP contribution in [0.25, 0.3) is 16.7 Å². The molecule has 0 amide bonds. The maximum atomic E-state index is 11.6. The number of ether oxygens (including phenoxy) is 2. The molecule has 336 valence electrons. The van der Waals surface area contributed by atoms with Gasteiger partial charge >= 0.3 is 11.9 Å². The topological polar surface area (TPSA) is 337 Å². The number of carboxylic acids is 2. The second-order valence-electron chi connectivity index (χ2n) is 14.2. The maximum absolute atomic E-state index is 11.6. The van der Waals surface area contributed by atoms with E-state index in [-0.39, 0.29) is 105 Å². The van der Waals surface area contributed by atoms with E-state index in [1.54, 1.807) is 45.0 Å². The molecular formula is C41H37N9O13S2. The second-order valence-corrected chi connectivity index (χ2v) is 17.4. The Hall–Kier alpha value is -7.72. The molecule has 5 N–H and O–H groups in total. The highest BCUT2D eigenvalue weighted by atomic mass is 32.2. The van der Waals surface area contributed by atoms with E-state index in [9.17, 15) is 56.1 Å². The number of aryl methyl sites for hydroxylation is 2. The number of hydrogen-bond donors (Lipinski definition) is 5. The standard InChI is InChI=1S/C41H37N9O13S2/c1-22-14-32(35(62-10-6-12-64(56,57)58)19-30(22)45-44-27-17-25(40(52)53)16-26(18-27)41(54)55)47-46-31-20-36(63-11-7-13-65(59,60)61)33(15-23(31)2)48-49-37-24(3)28(21-42)38-43-29-8-4-5-9-34(29)50(38)39(37)51/h4-5,8-9,14-20,51H,6-7,10-13H2,1-3H3,(H,52,53)(H,54,55)(H,56,57,58)(H,59,60,61). The summed E-state index contributed by atoms with van der Waals surface area (Å²) in [4.78, 5) is 27.7. The highest BCUT2D eigenvalue weighted by Crippen LogP contribution is 2.42. The predicted octanol–water partition coefficient (Wildman–Crippen LogP) is 8.95. The molecule has 0 fully saturated rings. The zero-order valence-electron chi connectivity index (χ0n) is 34.4. The first kappa shape index (κ1) is 46.8. The average Bonchev–Trinajstić information content (AvgIpc) is 3.63. The van der Waals surface area contributed by atoms with Gasteiger partial charge in [-0.1, -0.05) is 12.1 Å². The third kappa shape index (κ3) is 11.5. The van der Waals surface area contributed by atoms with Crippen LogP contribution in [0.1, 0.15) is 55.8 Å². The number of para-hydroxylation sites is 2. The van der Waals surface area contributed by atoms with Gasteiger partial charge in [0.2, 0.25) is 5.88 Å². The summed E-state index contributed by atoms with van der Waals surface area (Å²) < 4.78 is 77.2. The van der Waals surface area contributed by atoms with Gasteiger partial charge < -0.3 is 24.8 Å². The largest absolute Gasteiger partial charge is 0.493 e. The fraction of sp³-hybridized carbons (Fsp3) is 0.220. The first-order valence-corrected chi connectivity index (χ1v) is 22.3. The van der Waals surface area contributed by atoms with Crippen molar-refractivity contribution in [2.24, 2.45) is 30.7 Å². The lowest BCUT2D eigenvalue weighted by atomic mass is 10.1. The molecule has 0 aliphatic carbocycles. The first-order chi connectivity index (χ1) is 30.7. The number of benzene rings is 4. The molecule has 0 spiro atoms. The number of carboxylic acid groups (broad SMARTS) is 2. The van der Waals surface area contributed by atoms with Crippen LogP contribution in [-0.4, -0.2) is 87.3 Å². The van der Waals surface area contributed by atoms with Crippen LogP contribution in [0.2, 0.25) is 0 Å². The van der Waals surface area contributed by atoms with Crippen molar-refractivity contribution in [3.8, 4) is 23.4 Å². The molecule has 0 bridgehead atoms. The maximum Gasteiger partial charge on any atom is 0.335 e. The van der Waals surface area contributed by atoms with Gasteiger partial charge in [-0.05, 0) is 87.2 Å². The summed E-state index contributed by atoms with van der Waals surface area (Å²) in [5.74, 6) is -4.28. The fourth-order valence-corrected chi connectivity index (χ4v) is 7.20. The lowest BCUT2D eigenvalue weighted by Gasteiger charge is -2.12. The molecule has 65 heavy (non-hydrogen) atoms. The Labute approximate surface area is 369 Å². The monoisotopic (exact) mass is 927 g/mol. The first-order valence-electron chi connectivity index (χ1n) is 19.1. The zero-order valence-corrected chi connectivity index (χ0v) is 36.1. The van der Waals surface area contributed by atoms with Crippen molar-refractivity contribution in [2.75, 3.05) is 24.7 Å². The van der Waals surface area contributed by atoms with E-state index in [1.807, 2.05) is 0 Å². The summed E-state index contributed by atoms with van der Waals surface area (Å²) in [5.41, 5.74) is 2.38. The zero-order chi connectivity index (χ0) is 47.2. The van der Waals surface area contributed by atoms with Crippen LogP contribution in [-0.2, 0) is 20.2 Å². The lowest BCUT2D eigenvalue weighted by Crippen LogP contribution is -2.08. The molecule has 6 aromatic rings. The molecule has 2 aromatic heterocycles. The highest BCUT2D eigenvalue weighted by Gasteiger charge is 2.21. The van der Waals surface area contributed by atoms with Crippen LogP contribution in [0.5, 0.6) is 17.4 Å². The smallest absolute Gasteiger partial charge is 0.335 e. The number of hydrogen-bond acceptors (Lipinski definition) is 17. The number of aromatic nitrogens is 2. The quantitative estimate of drug-likeness (QED) is 0.0305. The fourth-order valence-electron chi connectivity index (χ4n) is 6.23. The van der Waals surface area contributed by atoms with Crippen LogP contribution < -0.4 is 9.47 Å². The van der Waals surface area contributed by atoms with Crippen molar-refractivity contribution in [1.82, 2.24) is 9.38 Å². The van der Waals surface area contributed by atoms with Crippen LogP contribution >= 0.6 is 0 Å². The average molecular weight is 928 g/mol. The van der Waals surface area contributed by atoms with Crippen molar-refractivity contribution in [3.05, 3.63) is 100 Å². The normalized spacial score (nSPS) is 12.2. The molecule has 0 saturated carbocycles. The van der Waals surface area contributed by atoms with Gasteiger partial charge in [0.25, 0.3) is 20.2 Å². The van der Waals surface area contributed by atoms with Crippen LogP contribution in [0, 0.1) is 32.1 Å².